The van der Waals surface area contributed by atoms with Crippen LogP contribution in [0.3, 0.4) is 0 Å². The molecule has 0 spiro atoms. The number of likely N-dealkylation sites (N-methyl/N-ethyl adjacent to an activating group) is 1. The maximum atomic E-state index is 12.8. The quantitative estimate of drug-likeness (QED) is 0.777. The second-order valence-electron chi connectivity index (χ2n) is 5.34. The molecule has 2 rings (SSSR count). The molecule has 0 bridgehead atoms. The summed E-state index contributed by atoms with van der Waals surface area (Å²) in [5.41, 5.74) is 0. The molecule has 0 saturated carbocycles. The van der Waals surface area contributed by atoms with Gasteiger partial charge in [0.05, 0.1) is 17.0 Å². The molecule has 21 heavy (non-hydrogen) atoms. The molecule has 0 radical (unpaired) electrons. The van der Waals surface area contributed by atoms with Crippen LogP contribution in [-0.4, -0.2) is 45.1 Å². The maximum absolute atomic E-state index is 12.8. The third kappa shape index (κ3) is 3.65. The van der Waals surface area contributed by atoms with E-state index in [0.717, 1.165) is 24.3 Å². The van der Waals surface area contributed by atoms with Gasteiger partial charge in [0.2, 0.25) is 10.0 Å². The van der Waals surface area contributed by atoms with Crippen LogP contribution in [0.15, 0.2) is 16.3 Å². The van der Waals surface area contributed by atoms with Crippen molar-refractivity contribution in [1.29, 1.82) is 0 Å². The van der Waals surface area contributed by atoms with Crippen LogP contribution < -0.4 is 5.32 Å². The minimum atomic E-state index is -3.46. The molecule has 0 amide bonds. The Hall–Kier alpha value is -0.470. The fourth-order valence-corrected chi connectivity index (χ4v) is 5.43. The summed E-state index contributed by atoms with van der Waals surface area (Å²) >= 11 is 1.49. The molecule has 120 valence electrons. The number of sulfonamides is 1. The van der Waals surface area contributed by atoms with Gasteiger partial charge in [0.1, 0.15) is 0 Å². The molecule has 1 aliphatic rings. The van der Waals surface area contributed by atoms with E-state index in [-0.39, 0.29) is 12.1 Å². The van der Waals surface area contributed by atoms with Crippen LogP contribution in [0.5, 0.6) is 0 Å². The third-order valence-corrected chi connectivity index (χ3v) is 6.89. The van der Waals surface area contributed by atoms with E-state index in [2.05, 4.69) is 12.2 Å². The van der Waals surface area contributed by atoms with Crippen molar-refractivity contribution in [3.63, 3.8) is 0 Å². The second-order valence-corrected chi connectivity index (χ2v) is 8.30. The molecule has 2 heterocycles. The molecule has 2 unspecified atom stereocenters. The molecule has 2 atom stereocenters. The zero-order chi connectivity index (χ0) is 15.5. The Labute approximate surface area is 131 Å². The van der Waals surface area contributed by atoms with Crippen LogP contribution >= 0.6 is 11.3 Å². The highest BCUT2D eigenvalue weighted by Gasteiger charge is 2.36. The Morgan fingerprint density at radius 1 is 1.52 bits per heavy atom. The lowest BCUT2D eigenvalue weighted by Crippen LogP contribution is -2.41. The Morgan fingerprint density at radius 2 is 2.29 bits per heavy atom. The van der Waals surface area contributed by atoms with Gasteiger partial charge in [0.25, 0.3) is 0 Å². The van der Waals surface area contributed by atoms with Gasteiger partial charge in [-0.2, -0.15) is 4.31 Å². The van der Waals surface area contributed by atoms with Crippen molar-refractivity contribution < 1.29 is 13.2 Å². The highest BCUT2D eigenvalue weighted by molar-refractivity contribution is 7.89. The van der Waals surface area contributed by atoms with Gasteiger partial charge in [-0.05, 0) is 37.8 Å². The van der Waals surface area contributed by atoms with Gasteiger partial charge in [0, 0.05) is 25.1 Å². The Bertz CT molecular complexity index is 556. The fourth-order valence-electron chi connectivity index (χ4n) is 2.60. The van der Waals surface area contributed by atoms with E-state index in [0.29, 0.717) is 18.0 Å². The highest BCUT2D eigenvalue weighted by Crippen LogP contribution is 2.29. The SMILES string of the molecule is CCCNCc1sccc1S(=O)(=O)N(C)C1CCOC1C. The summed E-state index contributed by atoms with van der Waals surface area (Å²) in [5.74, 6) is 0. The third-order valence-electron chi connectivity index (χ3n) is 3.88. The summed E-state index contributed by atoms with van der Waals surface area (Å²) in [6.07, 6.45) is 1.74. The number of hydrogen-bond acceptors (Lipinski definition) is 5. The number of hydrogen-bond donors (Lipinski definition) is 1. The lowest BCUT2D eigenvalue weighted by molar-refractivity contribution is 0.102. The highest BCUT2D eigenvalue weighted by atomic mass is 32.2. The van der Waals surface area contributed by atoms with E-state index in [1.807, 2.05) is 12.3 Å². The van der Waals surface area contributed by atoms with Gasteiger partial charge in [-0.3, -0.25) is 0 Å². The Kier molecular flexibility index (Phi) is 5.79. The Balaban J connectivity index is 2.17. The van der Waals surface area contributed by atoms with Crippen molar-refractivity contribution in [3.05, 3.63) is 16.3 Å². The molecule has 0 aromatic carbocycles. The first kappa shape index (κ1) is 16.9. The molecule has 1 N–H and O–H groups in total. The van der Waals surface area contributed by atoms with Crippen LogP contribution in [0, 0.1) is 0 Å². The van der Waals surface area contributed by atoms with Gasteiger partial charge >= 0.3 is 0 Å². The molecular formula is C14H24N2O3S2. The smallest absolute Gasteiger partial charge is 0.244 e. The molecule has 7 heteroatoms. The van der Waals surface area contributed by atoms with Gasteiger partial charge < -0.3 is 10.1 Å². The molecule has 1 aliphatic heterocycles. The number of thiophene rings is 1. The van der Waals surface area contributed by atoms with Crippen molar-refractivity contribution >= 4 is 21.4 Å². The van der Waals surface area contributed by atoms with Crippen LogP contribution in [-0.2, 0) is 21.3 Å². The minimum absolute atomic E-state index is 0.0509. The summed E-state index contributed by atoms with van der Waals surface area (Å²) in [6.45, 7) is 6.14. The second kappa shape index (κ2) is 7.19. The summed E-state index contributed by atoms with van der Waals surface area (Å²) in [6, 6.07) is 1.63. The molecular weight excluding hydrogens is 308 g/mol. The molecule has 1 aromatic rings. The molecule has 1 fully saturated rings. The minimum Gasteiger partial charge on any atom is -0.377 e. The maximum Gasteiger partial charge on any atom is 0.244 e. The standard InChI is InChI=1S/C14H24N2O3S2/c1-4-7-15-10-13-14(6-9-20-13)21(17,18)16(3)12-5-8-19-11(12)2/h6,9,11-12,15H,4-5,7-8,10H2,1-3H3. The first-order valence-corrected chi connectivity index (χ1v) is 9.67. The summed E-state index contributed by atoms with van der Waals surface area (Å²) in [4.78, 5) is 1.31. The average Bonchev–Trinajstić information content (AvgIpc) is 3.07. The number of nitrogens with zero attached hydrogens (tertiary/aromatic N) is 1. The van der Waals surface area contributed by atoms with Crippen molar-refractivity contribution in [3.8, 4) is 0 Å². The number of nitrogens with one attached hydrogen (secondary N) is 1. The van der Waals surface area contributed by atoms with Gasteiger partial charge in [-0.1, -0.05) is 6.92 Å². The molecule has 0 aliphatic carbocycles. The van der Waals surface area contributed by atoms with Gasteiger partial charge in [0.15, 0.2) is 0 Å². The molecule has 5 nitrogen and oxygen atoms in total. The topological polar surface area (TPSA) is 58.6 Å². The molecule has 1 aromatic heterocycles. The summed E-state index contributed by atoms with van der Waals surface area (Å²) in [7, 11) is -1.80. The van der Waals surface area contributed by atoms with E-state index in [1.165, 1.54) is 15.6 Å². The lowest BCUT2D eigenvalue weighted by atomic mass is 10.2. The fraction of sp³-hybridized carbons (Fsp3) is 0.714. The Morgan fingerprint density at radius 3 is 2.90 bits per heavy atom. The predicted molar refractivity (Wildman–Crippen MR) is 85.1 cm³/mol. The van der Waals surface area contributed by atoms with E-state index < -0.39 is 10.0 Å². The predicted octanol–water partition coefficient (Wildman–Crippen LogP) is 2.05. The van der Waals surface area contributed by atoms with Crippen molar-refractivity contribution in [2.24, 2.45) is 0 Å². The van der Waals surface area contributed by atoms with Crippen LogP contribution in [0.25, 0.3) is 0 Å². The van der Waals surface area contributed by atoms with E-state index in [1.54, 1.807) is 13.1 Å². The summed E-state index contributed by atoms with van der Waals surface area (Å²) < 4.78 is 32.6. The largest absolute Gasteiger partial charge is 0.377 e. The lowest BCUT2D eigenvalue weighted by Gasteiger charge is -2.26. The normalized spacial score (nSPS) is 23.0. The van der Waals surface area contributed by atoms with E-state index in [9.17, 15) is 8.42 Å². The van der Waals surface area contributed by atoms with Crippen molar-refractivity contribution in [2.45, 2.75) is 50.3 Å². The molecule has 1 saturated heterocycles. The van der Waals surface area contributed by atoms with Crippen LogP contribution in [0.2, 0.25) is 0 Å². The number of rotatable bonds is 7. The van der Waals surface area contributed by atoms with Crippen molar-refractivity contribution in [1.82, 2.24) is 9.62 Å². The zero-order valence-electron chi connectivity index (χ0n) is 12.8. The average molecular weight is 332 g/mol. The van der Waals surface area contributed by atoms with Gasteiger partial charge in [-0.25, -0.2) is 8.42 Å². The first-order chi connectivity index (χ1) is 9.98. The summed E-state index contributed by atoms with van der Waals surface area (Å²) in [5, 5.41) is 5.12. The zero-order valence-corrected chi connectivity index (χ0v) is 14.5. The first-order valence-electron chi connectivity index (χ1n) is 7.35. The van der Waals surface area contributed by atoms with Gasteiger partial charge in [-0.15, -0.1) is 11.3 Å². The number of ether oxygens (including phenoxy) is 1. The van der Waals surface area contributed by atoms with E-state index >= 15 is 0 Å². The monoisotopic (exact) mass is 332 g/mol. The van der Waals surface area contributed by atoms with E-state index in [4.69, 9.17) is 4.74 Å². The van der Waals surface area contributed by atoms with Crippen LogP contribution in [0.4, 0.5) is 0 Å². The van der Waals surface area contributed by atoms with Crippen molar-refractivity contribution in [2.75, 3.05) is 20.2 Å². The van der Waals surface area contributed by atoms with Crippen LogP contribution in [0.1, 0.15) is 31.6 Å².